The van der Waals surface area contributed by atoms with Gasteiger partial charge in [-0.15, -0.1) is 0 Å². The molecule has 1 aromatic carbocycles. The van der Waals surface area contributed by atoms with Crippen molar-refractivity contribution in [3.8, 4) is 11.8 Å². The van der Waals surface area contributed by atoms with E-state index in [4.69, 9.17) is 16.3 Å². The minimum absolute atomic E-state index is 0.0637. The van der Waals surface area contributed by atoms with Crippen LogP contribution in [0.3, 0.4) is 0 Å². The van der Waals surface area contributed by atoms with E-state index in [1.165, 1.54) is 0 Å². The first-order chi connectivity index (χ1) is 15.9. The lowest BCUT2D eigenvalue weighted by Gasteiger charge is -2.38. The average molecular weight is 475 g/mol. The summed E-state index contributed by atoms with van der Waals surface area (Å²) in [5.74, 6) is 3.32. The van der Waals surface area contributed by atoms with Crippen LogP contribution < -0.4 is 9.64 Å². The van der Waals surface area contributed by atoms with Crippen molar-refractivity contribution in [2.24, 2.45) is 17.8 Å². The Morgan fingerprint density at radius 2 is 1.94 bits per heavy atom. The van der Waals surface area contributed by atoms with Crippen LogP contribution in [0.5, 0.6) is 11.8 Å². The lowest BCUT2D eigenvalue weighted by molar-refractivity contribution is 0.117. The summed E-state index contributed by atoms with van der Waals surface area (Å²) in [5.41, 5.74) is 0.954. The molecular formula is C23H25ClF2N6O. The second-order valence-electron chi connectivity index (χ2n) is 8.83. The van der Waals surface area contributed by atoms with Crippen molar-refractivity contribution >= 4 is 17.4 Å². The highest BCUT2D eigenvalue weighted by molar-refractivity contribution is 6.30. The van der Waals surface area contributed by atoms with Gasteiger partial charge in [0.05, 0.1) is 0 Å². The van der Waals surface area contributed by atoms with Gasteiger partial charge in [0, 0.05) is 36.3 Å². The van der Waals surface area contributed by atoms with Gasteiger partial charge in [0.15, 0.2) is 5.82 Å². The lowest BCUT2D eigenvalue weighted by atomic mass is 9.82. The van der Waals surface area contributed by atoms with Crippen LogP contribution in [-0.2, 0) is 13.0 Å². The van der Waals surface area contributed by atoms with Gasteiger partial charge in [-0.2, -0.15) is 10.1 Å². The minimum atomic E-state index is -2.56. The van der Waals surface area contributed by atoms with Gasteiger partial charge < -0.3 is 9.64 Å². The molecule has 5 rings (SSSR count). The third-order valence-electron chi connectivity index (χ3n) is 6.56. The fourth-order valence-electron chi connectivity index (χ4n) is 5.10. The zero-order valence-electron chi connectivity index (χ0n) is 18.2. The summed E-state index contributed by atoms with van der Waals surface area (Å²) in [6.07, 6.45) is 1.98. The molecule has 7 nitrogen and oxygen atoms in total. The minimum Gasteiger partial charge on any atom is -0.424 e. The topological polar surface area (TPSA) is 69.0 Å². The summed E-state index contributed by atoms with van der Waals surface area (Å²) < 4.78 is 33.2. The fourth-order valence-corrected chi connectivity index (χ4v) is 5.28. The molecule has 2 fully saturated rings. The van der Waals surface area contributed by atoms with Gasteiger partial charge in [0.2, 0.25) is 0 Å². The summed E-state index contributed by atoms with van der Waals surface area (Å²) >= 11 is 6.02. The molecule has 2 atom stereocenters. The van der Waals surface area contributed by atoms with Crippen LogP contribution in [0.2, 0.25) is 5.02 Å². The quantitative estimate of drug-likeness (QED) is 0.490. The Labute approximate surface area is 195 Å². The molecule has 0 N–H and O–H groups in total. The molecule has 10 heteroatoms. The van der Waals surface area contributed by atoms with Crippen LogP contribution in [0.1, 0.15) is 24.4 Å². The van der Waals surface area contributed by atoms with Crippen LogP contribution >= 0.6 is 11.6 Å². The Hall–Kier alpha value is -2.81. The average Bonchev–Trinajstić information content (AvgIpc) is 3.22. The van der Waals surface area contributed by atoms with Gasteiger partial charge in [0.1, 0.15) is 24.4 Å². The van der Waals surface area contributed by atoms with Crippen molar-refractivity contribution in [3.63, 3.8) is 0 Å². The molecular weight excluding hydrogens is 450 g/mol. The summed E-state index contributed by atoms with van der Waals surface area (Å²) in [7, 11) is 0. The molecule has 1 aliphatic heterocycles. The lowest BCUT2D eigenvalue weighted by Crippen LogP contribution is -2.43. The molecule has 2 unspecified atom stereocenters. The first-order valence-electron chi connectivity index (χ1n) is 11.1. The van der Waals surface area contributed by atoms with E-state index >= 15 is 0 Å². The Morgan fingerprint density at radius 1 is 1.15 bits per heavy atom. The molecule has 174 valence electrons. The normalized spacial score (nSPS) is 22.2. The van der Waals surface area contributed by atoms with E-state index in [0.717, 1.165) is 42.1 Å². The standard InChI is InChI=1S/C23H25ClF2N6O/c1-14-7-22(28-13-27-14)31-10-15-5-6-16(11-31)19(15)9-21-29-23(32(30-21)12-20(25)26)33-18-4-2-3-17(24)8-18/h2-4,7-8,13,15-16,19-20H,5-6,9-12H2,1H3. The van der Waals surface area contributed by atoms with E-state index in [9.17, 15) is 8.78 Å². The van der Waals surface area contributed by atoms with E-state index < -0.39 is 13.0 Å². The van der Waals surface area contributed by atoms with E-state index in [2.05, 4.69) is 25.0 Å². The Bertz CT molecular complexity index is 1110. The highest BCUT2D eigenvalue weighted by Crippen LogP contribution is 2.44. The maximum atomic E-state index is 13.2. The maximum Gasteiger partial charge on any atom is 0.320 e. The predicted octanol–water partition coefficient (Wildman–Crippen LogP) is 4.79. The molecule has 1 aliphatic carbocycles. The molecule has 1 saturated heterocycles. The zero-order valence-corrected chi connectivity index (χ0v) is 19.0. The Balaban J connectivity index is 1.32. The third kappa shape index (κ3) is 4.93. The molecule has 2 aromatic heterocycles. The number of hydrogen-bond donors (Lipinski definition) is 0. The highest BCUT2D eigenvalue weighted by atomic mass is 35.5. The van der Waals surface area contributed by atoms with Crippen molar-refractivity contribution in [3.05, 3.63) is 53.2 Å². The van der Waals surface area contributed by atoms with E-state index in [1.54, 1.807) is 30.6 Å². The van der Waals surface area contributed by atoms with Gasteiger partial charge in [-0.05, 0) is 55.7 Å². The number of halogens is 3. The summed E-state index contributed by atoms with van der Waals surface area (Å²) in [6.45, 7) is 3.24. The van der Waals surface area contributed by atoms with Crippen molar-refractivity contribution in [1.29, 1.82) is 0 Å². The summed E-state index contributed by atoms with van der Waals surface area (Å²) in [5, 5.41) is 4.88. The number of anilines is 1. The number of benzene rings is 1. The van der Waals surface area contributed by atoms with Crippen molar-refractivity contribution in [1.82, 2.24) is 24.7 Å². The van der Waals surface area contributed by atoms with Crippen molar-refractivity contribution < 1.29 is 13.5 Å². The number of hydrogen-bond acceptors (Lipinski definition) is 6. The SMILES string of the molecule is Cc1cc(N2CC3CCC(C2)C3Cc2nc(Oc3cccc(Cl)c3)n(CC(F)F)n2)ncn1. The number of rotatable bonds is 7. The van der Waals surface area contributed by atoms with E-state index in [0.29, 0.717) is 40.8 Å². The van der Waals surface area contributed by atoms with Crippen LogP contribution in [0.15, 0.2) is 36.7 Å². The number of nitrogens with zero attached hydrogens (tertiary/aromatic N) is 6. The maximum absolute atomic E-state index is 13.2. The number of piperidine rings is 1. The Kier molecular flexibility index (Phi) is 6.14. The van der Waals surface area contributed by atoms with E-state index in [1.807, 2.05) is 13.0 Å². The number of alkyl halides is 2. The monoisotopic (exact) mass is 474 g/mol. The Morgan fingerprint density at radius 3 is 2.64 bits per heavy atom. The molecule has 33 heavy (non-hydrogen) atoms. The first-order valence-corrected chi connectivity index (χ1v) is 11.5. The molecule has 0 radical (unpaired) electrons. The molecule has 2 aliphatic rings. The molecule has 3 heterocycles. The van der Waals surface area contributed by atoms with Gasteiger partial charge in [-0.1, -0.05) is 17.7 Å². The van der Waals surface area contributed by atoms with E-state index in [-0.39, 0.29) is 6.01 Å². The largest absolute Gasteiger partial charge is 0.424 e. The summed E-state index contributed by atoms with van der Waals surface area (Å²) in [4.78, 5) is 15.5. The second-order valence-corrected chi connectivity index (χ2v) is 9.27. The van der Waals surface area contributed by atoms with Crippen LogP contribution in [-0.4, -0.2) is 44.2 Å². The molecule has 1 saturated carbocycles. The van der Waals surface area contributed by atoms with Gasteiger partial charge in [-0.3, -0.25) is 0 Å². The van der Waals surface area contributed by atoms with Crippen LogP contribution in [0.4, 0.5) is 14.6 Å². The molecule has 0 spiro atoms. The first kappa shape index (κ1) is 22.0. The molecule has 3 aromatic rings. The van der Waals surface area contributed by atoms with Gasteiger partial charge in [0.25, 0.3) is 6.43 Å². The molecule has 0 amide bonds. The summed E-state index contributed by atoms with van der Waals surface area (Å²) in [6, 6.07) is 8.86. The van der Waals surface area contributed by atoms with Gasteiger partial charge in [-0.25, -0.2) is 23.4 Å². The fraction of sp³-hybridized carbons (Fsp3) is 0.478. The van der Waals surface area contributed by atoms with Crippen molar-refractivity contribution in [2.75, 3.05) is 18.0 Å². The van der Waals surface area contributed by atoms with Crippen LogP contribution in [0, 0.1) is 24.7 Å². The third-order valence-corrected chi connectivity index (χ3v) is 6.79. The zero-order chi connectivity index (χ0) is 22.9. The highest BCUT2D eigenvalue weighted by Gasteiger charge is 2.43. The van der Waals surface area contributed by atoms with Crippen molar-refractivity contribution in [2.45, 2.75) is 39.2 Å². The predicted molar refractivity (Wildman–Crippen MR) is 120 cm³/mol. The van der Waals surface area contributed by atoms with Crippen LogP contribution in [0.25, 0.3) is 0 Å². The number of aromatic nitrogens is 5. The smallest absolute Gasteiger partial charge is 0.320 e. The number of fused-ring (bicyclic) bond motifs is 2. The second kappa shape index (κ2) is 9.21. The molecule has 2 bridgehead atoms. The number of aryl methyl sites for hydroxylation is 1. The number of ether oxygens (including phenoxy) is 1. The van der Waals surface area contributed by atoms with Gasteiger partial charge >= 0.3 is 6.01 Å².